The van der Waals surface area contributed by atoms with Crippen LogP contribution in [0.1, 0.15) is 43.8 Å². The molecule has 1 aliphatic rings. The van der Waals surface area contributed by atoms with Crippen LogP contribution in [0.15, 0.2) is 47.1 Å². The van der Waals surface area contributed by atoms with Crippen LogP contribution in [0.4, 0.5) is 0 Å². The molecule has 0 bridgehead atoms. The Balaban J connectivity index is 1.65. The average molecular weight is 387 g/mol. The summed E-state index contributed by atoms with van der Waals surface area (Å²) in [5.41, 5.74) is 1.47. The van der Waals surface area contributed by atoms with Crippen molar-refractivity contribution in [3.05, 3.63) is 59.8 Å². The highest BCUT2D eigenvalue weighted by atomic mass is 16.7. The summed E-state index contributed by atoms with van der Waals surface area (Å²) >= 11 is 0. The molecule has 1 aromatic heterocycles. The lowest BCUT2D eigenvalue weighted by atomic mass is 9.76. The second kappa shape index (κ2) is 9.47. The minimum Gasteiger partial charge on any atom is -0.445 e. The molecule has 6 heteroatoms. The van der Waals surface area contributed by atoms with Crippen molar-refractivity contribution in [1.29, 1.82) is 0 Å². The number of hydrogen-bond acceptors (Lipinski definition) is 6. The van der Waals surface area contributed by atoms with Gasteiger partial charge in [-0.15, -0.1) is 0 Å². The third-order valence-corrected chi connectivity index (χ3v) is 5.28. The van der Waals surface area contributed by atoms with Crippen LogP contribution in [0.3, 0.4) is 0 Å². The van der Waals surface area contributed by atoms with Crippen LogP contribution < -0.4 is 0 Å². The normalized spacial score (nSPS) is 24.6. The fourth-order valence-electron chi connectivity index (χ4n) is 3.43. The van der Waals surface area contributed by atoms with Crippen molar-refractivity contribution in [3.8, 4) is 0 Å². The second-order valence-electron chi connectivity index (χ2n) is 7.61. The SMILES string of the molecule is CO[C@@H]1C[C@@H](OCc2ccccc2)C(C)(C)[C@@H](C/C=C/c2nc(CO)co2)O1. The van der Waals surface area contributed by atoms with Gasteiger partial charge >= 0.3 is 0 Å². The Bertz CT molecular complexity index is 755. The Labute approximate surface area is 166 Å². The van der Waals surface area contributed by atoms with Crippen molar-refractivity contribution < 1.29 is 23.7 Å². The van der Waals surface area contributed by atoms with E-state index in [0.29, 0.717) is 31.0 Å². The summed E-state index contributed by atoms with van der Waals surface area (Å²) < 4.78 is 23.2. The van der Waals surface area contributed by atoms with E-state index in [2.05, 4.69) is 31.0 Å². The van der Waals surface area contributed by atoms with E-state index in [9.17, 15) is 0 Å². The highest BCUT2D eigenvalue weighted by Gasteiger charge is 2.45. The molecule has 2 aromatic rings. The maximum absolute atomic E-state index is 9.07. The number of ether oxygens (including phenoxy) is 3. The van der Waals surface area contributed by atoms with Crippen LogP contribution in [-0.4, -0.2) is 35.7 Å². The summed E-state index contributed by atoms with van der Waals surface area (Å²) in [5, 5.41) is 9.07. The maximum Gasteiger partial charge on any atom is 0.218 e. The van der Waals surface area contributed by atoms with Crippen LogP contribution in [0.2, 0.25) is 0 Å². The molecule has 6 nitrogen and oxygen atoms in total. The molecule has 0 spiro atoms. The van der Waals surface area contributed by atoms with Crippen molar-refractivity contribution in [2.75, 3.05) is 7.11 Å². The number of rotatable bonds is 8. The molecular weight excluding hydrogens is 358 g/mol. The average Bonchev–Trinajstić information content (AvgIpc) is 3.17. The molecule has 3 atom stereocenters. The summed E-state index contributed by atoms with van der Waals surface area (Å²) in [4.78, 5) is 4.16. The lowest BCUT2D eigenvalue weighted by molar-refractivity contribution is -0.258. The zero-order valence-electron chi connectivity index (χ0n) is 16.7. The van der Waals surface area contributed by atoms with E-state index in [1.165, 1.54) is 6.26 Å². The predicted molar refractivity (Wildman–Crippen MR) is 105 cm³/mol. The van der Waals surface area contributed by atoms with Crippen molar-refractivity contribution in [1.82, 2.24) is 4.98 Å². The number of aromatic nitrogens is 1. The molecule has 0 aliphatic carbocycles. The topological polar surface area (TPSA) is 74.0 Å². The van der Waals surface area contributed by atoms with Crippen LogP contribution in [0, 0.1) is 5.41 Å². The Hall–Kier alpha value is -1.99. The minimum atomic E-state index is -0.296. The van der Waals surface area contributed by atoms with Crippen molar-refractivity contribution in [3.63, 3.8) is 0 Å². The van der Waals surface area contributed by atoms with Crippen LogP contribution in [0.25, 0.3) is 6.08 Å². The highest BCUT2D eigenvalue weighted by Crippen LogP contribution is 2.40. The summed E-state index contributed by atoms with van der Waals surface area (Å²) in [5.74, 6) is 0.470. The number of oxazole rings is 1. The van der Waals surface area contributed by atoms with Gasteiger partial charge in [-0.05, 0) is 18.1 Å². The summed E-state index contributed by atoms with van der Waals surface area (Å²) in [6, 6.07) is 10.2. The highest BCUT2D eigenvalue weighted by molar-refractivity contribution is 5.38. The monoisotopic (exact) mass is 387 g/mol. The summed E-state index contributed by atoms with van der Waals surface area (Å²) in [7, 11) is 1.66. The fourth-order valence-corrected chi connectivity index (χ4v) is 3.43. The van der Waals surface area contributed by atoms with Gasteiger partial charge in [0, 0.05) is 18.9 Å². The van der Waals surface area contributed by atoms with Gasteiger partial charge in [0.25, 0.3) is 0 Å². The van der Waals surface area contributed by atoms with Gasteiger partial charge in [-0.2, -0.15) is 0 Å². The molecule has 1 N–H and O–H groups in total. The number of benzene rings is 1. The second-order valence-corrected chi connectivity index (χ2v) is 7.61. The number of aliphatic hydroxyl groups is 1. The van der Waals surface area contributed by atoms with E-state index in [1.54, 1.807) is 13.2 Å². The first-order valence-corrected chi connectivity index (χ1v) is 9.58. The van der Waals surface area contributed by atoms with Gasteiger partial charge in [0.05, 0.1) is 25.4 Å². The summed E-state index contributed by atoms with van der Waals surface area (Å²) in [6.45, 7) is 4.77. The number of aliphatic hydroxyl groups excluding tert-OH is 1. The third kappa shape index (κ3) is 5.08. The molecule has 1 fully saturated rings. The lowest BCUT2D eigenvalue weighted by Crippen LogP contribution is -2.51. The molecule has 1 aliphatic heterocycles. The molecular formula is C22H29NO5. The smallest absolute Gasteiger partial charge is 0.218 e. The Kier molecular flexibility index (Phi) is 7.02. The third-order valence-electron chi connectivity index (χ3n) is 5.28. The van der Waals surface area contributed by atoms with Gasteiger partial charge in [-0.1, -0.05) is 50.3 Å². The standard InChI is InChI=1S/C22H29NO5/c1-22(2)18(10-7-11-20-23-17(13-24)15-27-20)28-21(25-3)12-19(22)26-14-16-8-5-4-6-9-16/h4-9,11,15,18-19,21,24H,10,12-14H2,1-3H3/b11-7+/t18-,19-,21+/m1/s1. The Morgan fingerprint density at radius 1 is 1.29 bits per heavy atom. The van der Waals surface area contributed by atoms with Gasteiger partial charge in [-0.25, -0.2) is 4.98 Å². The molecule has 0 saturated carbocycles. The lowest BCUT2D eigenvalue weighted by Gasteiger charge is -2.47. The number of methoxy groups -OCH3 is 1. The molecule has 28 heavy (non-hydrogen) atoms. The molecule has 0 radical (unpaired) electrons. The van der Waals surface area contributed by atoms with E-state index in [4.69, 9.17) is 23.7 Å². The van der Waals surface area contributed by atoms with Gasteiger partial charge in [-0.3, -0.25) is 0 Å². The van der Waals surface area contributed by atoms with Gasteiger partial charge < -0.3 is 23.7 Å². The van der Waals surface area contributed by atoms with E-state index in [-0.39, 0.29) is 30.5 Å². The molecule has 3 rings (SSSR count). The van der Waals surface area contributed by atoms with E-state index in [1.807, 2.05) is 24.3 Å². The van der Waals surface area contributed by atoms with Crippen LogP contribution in [0.5, 0.6) is 0 Å². The van der Waals surface area contributed by atoms with Crippen molar-refractivity contribution in [2.24, 2.45) is 5.41 Å². The zero-order chi connectivity index (χ0) is 20.0. The van der Waals surface area contributed by atoms with Gasteiger partial charge in [0.1, 0.15) is 12.0 Å². The molecule has 1 aromatic carbocycles. The molecule has 1 saturated heterocycles. The van der Waals surface area contributed by atoms with Gasteiger partial charge in [0.15, 0.2) is 6.29 Å². The van der Waals surface area contributed by atoms with Crippen molar-refractivity contribution in [2.45, 2.75) is 58.4 Å². The first-order valence-electron chi connectivity index (χ1n) is 9.58. The van der Waals surface area contributed by atoms with Crippen LogP contribution >= 0.6 is 0 Å². The fraction of sp³-hybridized carbons (Fsp3) is 0.500. The van der Waals surface area contributed by atoms with E-state index in [0.717, 1.165) is 5.56 Å². The Morgan fingerprint density at radius 3 is 2.75 bits per heavy atom. The minimum absolute atomic E-state index is 0.00698. The zero-order valence-corrected chi connectivity index (χ0v) is 16.7. The molecule has 0 unspecified atom stereocenters. The number of hydrogen-bond donors (Lipinski definition) is 1. The molecule has 0 amide bonds. The van der Waals surface area contributed by atoms with Gasteiger partial charge in [0.2, 0.25) is 5.89 Å². The largest absolute Gasteiger partial charge is 0.445 e. The summed E-state index contributed by atoms with van der Waals surface area (Å²) in [6.07, 6.45) is 6.23. The number of nitrogens with zero attached hydrogens (tertiary/aromatic N) is 1. The first kappa shape index (κ1) is 20.7. The van der Waals surface area contributed by atoms with Crippen LogP contribution in [-0.2, 0) is 27.4 Å². The quantitative estimate of drug-likeness (QED) is 0.739. The van der Waals surface area contributed by atoms with Crippen molar-refractivity contribution >= 4 is 6.08 Å². The van der Waals surface area contributed by atoms with E-state index >= 15 is 0 Å². The first-order chi connectivity index (χ1) is 13.5. The predicted octanol–water partition coefficient (Wildman–Crippen LogP) is 3.94. The maximum atomic E-state index is 9.07. The molecule has 152 valence electrons. The molecule has 2 heterocycles. The Morgan fingerprint density at radius 2 is 2.07 bits per heavy atom. The van der Waals surface area contributed by atoms with E-state index < -0.39 is 0 Å².